The number of amides is 1. The Morgan fingerprint density at radius 2 is 2.00 bits per heavy atom. The summed E-state index contributed by atoms with van der Waals surface area (Å²) in [5.74, 6) is 1.51. The third-order valence-corrected chi connectivity index (χ3v) is 5.28. The summed E-state index contributed by atoms with van der Waals surface area (Å²) in [5.41, 5.74) is 1.24. The molecule has 25 heavy (non-hydrogen) atoms. The van der Waals surface area contributed by atoms with E-state index in [2.05, 4.69) is 53.6 Å². The number of hydrogen-bond donors (Lipinski definition) is 1. The summed E-state index contributed by atoms with van der Waals surface area (Å²) in [6.07, 6.45) is 2.21. The molecular formula is C19H26N4O2. The van der Waals surface area contributed by atoms with E-state index in [1.807, 2.05) is 10.6 Å². The topological polar surface area (TPSA) is 69.0 Å². The van der Waals surface area contributed by atoms with E-state index >= 15 is 0 Å². The number of aromatic nitrogens is 3. The first-order chi connectivity index (χ1) is 12.2. The molecule has 3 rings (SSSR count). The van der Waals surface area contributed by atoms with Crippen molar-refractivity contribution < 1.29 is 9.53 Å². The largest absolute Gasteiger partial charge is 0.372 e. The highest BCUT2D eigenvalue weighted by Gasteiger charge is 2.29. The van der Waals surface area contributed by atoms with Crippen molar-refractivity contribution in [1.82, 2.24) is 20.1 Å². The zero-order valence-corrected chi connectivity index (χ0v) is 15.0. The molecule has 1 amide bonds. The van der Waals surface area contributed by atoms with Crippen LogP contribution >= 0.6 is 0 Å². The van der Waals surface area contributed by atoms with Crippen LogP contribution in [0.3, 0.4) is 0 Å². The third kappa shape index (κ3) is 3.74. The molecule has 1 N–H and O–H groups in total. The van der Waals surface area contributed by atoms with Gasteiger partial charge in [0.05, 0.1) is 13.0 Å². The molecule has 0 saturated heterocycles. The van der Waals surface area contributed by atoms with E-state index in [0.29, 0.717) is 32.1 Å². The van der Waals surface area contributed by atoms with Crippen molar-refractivity contribution >= 4 is 5.91 Å². The molecule has 0 spiro atoms. The number of benzene rings is 1. The number of nitrogens with one attached hydrogen (secondary N) is 1. The van der Waals surface area contributed by atoms with Crippen LogP contribution in [0.4, 0.5) is 0 Å². The molecule has 0 unspecified atom stereocenters. The lowest BCUT2D eigenvalue weighted by atomic mass is 9.76. The van der Waals surface area contributed by atoms with Gasteiger partial charge in [0.15, 0.2) is 5.82 Å². The normalized spacial score (nSPS) is 14.2. The van der Waals surface area contributed by atoms with Gasteiger partial charge in [-0.25, -0.2) is 0 Å². The Labute approximate surface area is 148 Å². The van der Waals surface area contributed by atoms with Gasteiger partial charge in [0, 0.05) is 18.5 Å². The minimum absolute atomic E-state index is 0.0103. The molecule has 1 aromatic carbocycles. The molecule has 1 aliphatic rings. The number of ether oxygens (including phenoxy) is 1. The molecule has 6 nitrogen and oxygen atoms in total. The van der Waals surface area contributed by atoms with Crippen LogP contribution in [0.25, 0.3) is 0 Å². The number of rotatable bonds is 7. The molecule has 0 saturated carbocycles. The van der Waals surface area contributed by atoms with Crippen LogP contribution in [0.15, 0.2) is 30.3 Å². The SMILES string of the molecule is CCC(CC)(CNC(=O)Cc1nnc2n1CCOC2)c1ccccc1. The number of hydrogen-bond acceptors (Lipinski definition) is 4. The molecular weight excluding hydrogens is 316 g/mol. The van der Waals surface area contributed by atoms with Crippen LogP contribution in [-0.2, 0) is 34.5 Å². The second-order valence-electron chi connectivity index (χ2n) is 6.54. The number of nitrogens with zero attached hydrogens (tertiary/aromatic N) is 3. The predicted octanol–water partition coefficient (Wildman–Crippen LogP) is 2.22. The Bertz CT molecular complexity index is 707. The van der Waals surface area contributed by atoms with Crippen LogP contribution in [0.1, 0.15) is 43.9 Å². The maximum atomic E-state index is 12.5. The molecule has 0 bridgehead atoms. The van der Waals surface area contributed by atoms with Crippen molar-refractivity contribution in [3.8, 4) is 0 Å². The third-order valence-electron chi connectivity index (χ3n) is 5.28. The second-order valence-corrected chi connectivity index (χ2v) is 6.54. The zero-order valence-electron chi connectivity index (χ0n) is 15.0. The first-order valence-corrected chi connectivity index (χ1v) is 8.99. The predicted molar refractivity (Wildman–Crippen MR) is 95.1 cm³/mol. The first kappa shape index (κ1) is 17.6. The Balaban J connectivity index is 1.65. The molecule has 0 aliphatic carbocycles. The number of fused-ring (bicyclic) bond motifs is 1. The van der Waals surface area contributed by atoms with Crippen LogP contribution < -0.4 is 5.32 Å². The van der Waals surface area contributed by atoms with Crippen LogP contribution in [0, 0.1) is 0 Å². The summed E-state index contributed by atoms with van der Waals surface area (Å²) in [6.45, 7) is 6.81. The van der Waals surface area contributed by atoms with Crippen molar-refractivity contribution in [3.05, 3.63) is 47.5 Å². The van der Waals surface area contributed by atoms with Gasteiger partial charge in [-0.3, -0.25) is 4.79 Å². The number of carbonyl (C=O) groups excluding carboxylic acids is 1. The fraction of sp³-hybridized carbons (Fsp3) is 0.526. The second kappa shape index (κ2) is 7.78. The van der Waals surface area contributed by atoms with Crippen LogP contribution in [0.2, 0.25) is 0 Å². The van der Waals surface area contributed by atoms with Crippen molar-refractivity contribution in [1.29, 1.82) is 0 Å². The summed E-state index contributed by atoms with van der Waals surface area (Å²) in [7, 11) is 0. The minimum atomic E-state index is -0.0327. The average Bonchev–Trinajstić information content (AvgIpc) is 3.07. The highest BCUT2D eigenvalue weighted by molar-refractivity contribution is 5.77. The molecule has 6 heteroatoms. The molecule has 0 fully saturated rings. The van der Waals surface area contributed by atoms with E-state index in [9.17, 15) is 4.79 Å². The lowest BCUT2D eigenvalue weighted by Crippen LogP contribution is -2.41. The van der Waals surface area contributed by atoms with Gasteiger partial charge in [-0.1, -0.05) is 44.2 Å². The van der Waals surface area contributed by atoms with E-state index in [0.717, 1.165) is 18.7 Å². The van der Waals surface area contributed by atoms with E-state index in [-0.39, 0.29) is 17.7 Å². The van der Waals surface area contributed by atoms with Gasteiger partial charge in [-0.15, -0.1) is 10.2 Å². The highest BCUT2D eigenvalue weighted by Crippen LogP contribution is 2.30. The molecule has 2 heterocycles. The van der Waals surface area contributed by atoms with Gasteiger partial charge in [0.25, 0.3) is 0 Å². The van der Waals surface area contributed by atoms with Gasteiger partial charge >= 0.3 is 0 Å². The molecule has 0 radical (unpaired) electrons. The van der Waals surface area contributed by atoms with Crippen molar-refractivity contribution in [2.45, 2.75) is 51.7 Å². The maximum Gasteiger partial charge on any atom is 0.227 e. The molecule has 134 valence electrons. The van der Waals surface area contributed by atoms with Crippen molar-refractivity contribution in [2.24, 2.45) is 0 Å². The van der Waals surface area contributed by atoms with Crippen LogP contribution in [-0.4, -0.2) is 33.8 Å². The fourth-order valence-corrected chi connectivity index (χ4v) is 3.46. The Hall–Kier alpha value is -2.21. The summed E-state index contributed by atoms with van der Waals surface area (Å²) < 4.78 is 7.35. The quantitative estimate of drug-likeness (QED) is 0.838. The molecule has 2 aromatic rings. The van der Waals surface area contributed by atoms with Gasteiger partial charge in [0.2, 0.25) is 5.91 Å². The van der Waals surface area contributed by atoms with E-state index < -0.39 is 0 Å². The maximum absolute atomic E-state index is 12.5. The first-order valence-electron chi connectivity index (χ1n) is 8.99. The molecule has 0 atom stereocenters. The van der Waals surface area contributed by atoms with Crippen molar-refractivity contribution in [3.63, 3.8) is 0 Å². The smallest absolute Gasteiger partial charge is 0.227 e. The Morgan fingerprint density at radius 1 is 1.24 bits per heavy atom. The number of carbonyl (C=O) groups is 1. The summed E-state index contributed by atoms with van der Waals surface area (Å²) in [5, 5.41) is 11.4. The van der Waals surface area contributed by atoms with Gasteiger partial charge < -0.3 is 14.6 Å². The lowest BCUT2D eigenvalue weighted by molar-refractivity contribution is -0.120. The van der Waals surface area contributed by atoms with Gasteiger partial charge in [-0.05, 0) is 18.4 Å². The summed E-state index contributed by atoms with van der Waals surface area (Å²) >= 11 is 0. The standard InChI is InChI=1S/C19H26N4O2/c1-3-19(4-2,15-8-6-5-7-9-15)14-20-18(24)12-16-21-22-17-13-25-11-10-23(16)17/h5-9H,3-4,10-14H2,1-2H3,(H,20,24). The van der Waals surface area contributed by atoms with E-state index in [1.54, 1.807) is 0 Å². The summed E-state index contributed by atoms with van der Waals surface area (Å²) in [6, 6.07) is 10.4. The van der Waals surface area contributed by atoms with Gasteiger partial charge in [0.1, 0.15) is 12.4 Å². The molecule has 1 aliphatic heterocycles. The monoisotopic (exact) mass is 342 g/mol. The molecule has 1 aromatic heterocycles. The lowest BCUT2D eigenvalue weighted by Gasteiger charge is -2.32. The zero-order chi connectivity index (χ0) is 17.7. The van der Waals surface area contributed by atoms with Crippen LogP contribution in [0.5, 0.6) is 0 Å². The van der Waals surface area contributed by atoms with Gasteiger partial charge in [-0.2, -0.15) is 0 Å². The fourth-order valence-electron chi connectivity index (χ4n) is 3.46. The average molecular weight is 342 g/mol. The van der Waals surface area contributed by atoms with E-state index in [4.69, 9.17) is 4.74 Å². The minimum Gasteiger partial charge on any atom is -0.372 e. The van der Waals surface area contributed by atoms with E-state index in [1.165, 1.54) is 5.56 Å². The Kier molecular flexibility index (Phi) is 5.48. The van der Waals surface area contributed by atoms with Crippen molar-refractivity contribution in [2.75, 3.05) is 13.2 Å². The Morgan fingerprint density at radius 3 is 2.72 bits per heavy atom. The summed E-state index contributed by atoms with van der Waals surface area (Å²) in [4.78, 5) is 12.5. The highest BCUT2D eigenvalue weighted by atomic mass is 16.5.